The van der Waals surface area contributed by atoms with Crippen molar-refractivity contribution in [1.29, 1.82) is 0 Å². The minimum atomic E-state index is -0.828. The van der Waals surface area contributed by atoms with Gasteiger partial charge in [-0.25, -0.2) is 0 Å². The van der Waals surface area contributed by atoms with Crippen LogP contribution in [-0.2, 0) is 9.53 Å². The molecule has 0 spiro atoms. The molecule has 0 bridgehead atoms. The van der Waals surface area contributed by atoms with Crippen LogP contribution in [0.25, 0.3) is 0 Å². The van der Waals surface area contributed by atoms with Crippen molar-refractivity contribution < 1.29 is 14.3 Å². The van der Waals surface area contributed by atoms with Gasteiger partial charge in [0.1, 0.15) is 15.4 Å². The molecule has 1 heterocycles. The first-order chi connectivity index (χ1) is 14.4. The summed E-state index contributed by atoms with van der Waals surface area (Å²) in [7, 11) is 1.55. The van der Waals surface area contributed by atoms with Crippen LogP contribution < -0.4 is 5.32 Å². The van der Waals surface area contributed by atoms with E-state index in [1.54, 1.807) is 7.11 Å². The fourth-order valence-electron chi connectivity index (χ4n) is 3.64. The Hall–Kier alpha value is -1.67. The van der Waals surface area contributed by atoms with Crippen molar-refractivity contribution >= 4 is 46.5 Å². The Morgan fingerprint density at radius 1 is 1.27 bits per heavy atom. The maximum atomic E-state index is 13.4. The number of carbonyl (C=O) groups excluding carboxylic acids is 2. The van der Waals surface area contributed by atoms with E-state index in [4.69, 9.17) is 27.9 Å². The number of aromatic nitrogens is 1. The lowest BCUT2D eigenvalue weighted by atomic mass is 10.0. The van der Waals surface area contributed by atoms with Crippen LogP contribution in [0.15, 0.2) is 24.3 Å². The van der Waals surface area contributed by atoms with Crippen molar-refractivity contribution in [2.75, 3.05) is 20.3 Å². The fraction of sp³-hybridized carbons (Fsp3) is 0.476. The number of benzene rings is 1. The van der Waals surface area contributed by atoms with Crippen LogP contribution in [-0.4, -0.2) is 47.4 Å². The van der Waals surface area contributed by atoms with E-state index in [0.29, 0.717) is 0 Å². The molecular formula is C21H25Cl2N3O3S. The van der Waals surface area contributed by atoms with Crippen molar-refractivity contribution in [2.24, 2.45) is 0 Å². The summed E-state index contributed by atoms with van der Waals surface area (Å²) < 4.78 is 9.57. The van der Waals surface area contributed by atoms with Crippen molar-refractivity contribution in [3.63, 3.8) is 0 Å². The van der Waals surface area contributed by atoms with E-state index in [1.807, 2.05) is 31.2 Å². The molecule has 0 radical (unpaired) electrons. The molecule has 0 unspecified atom stereocenters. The first-order valence-electron chi connectivity index (χ1n) is 9.90. The minimum absolute atomic E-state index is 0.0496. The lowest BCUT2D eigenvalue weighted by Gasteiger charge is -2.31. The number of methoxy groups -OCH3 is 1. The fourth-order valence-corrected chi connectivity index (χ4v) is 4.62. The molecule has 6 nitrogen and oxygen atoms in total. The summed E-state index contributed by atoms with van der Waals surface area (Å²) >= 11 is 13.2. The molecule has 1 aliphatic rings. The second-order valence-corrected chi connectivity index (χ2v) is 9.17. The van der Waals surface area contributed by atoms with Crippen LogP contribution in [0, 0.1) is 6.92 Å². The van der Waals surface area contributed by atoms with Gasteiger partial charge in [0.25, 0.3) is 5.91 Å². The number of hydrogen-bond donors (Lipinski definition) is 1. The third-order valence-electron chi connectivity index (χ3n) is 5.25. The predicted octanol–water partition coefficient (Wildman–Crippen LogP) is 4.65. The van der Waals surface area contributed by atoms with E-state index in [-0.39, 0.29) is 40.2 Å². The van der Waals surface area contributed by atoms with Gasteiger partial charge in [0.05, 0.1) is 6.61 Å². The van der Waals surface area contributed by atoms with Gasteiger partial charge in [0, 0.05) is 19.7 Å². The van der Waals surface area contributed by atoms with Crippen LogP contribution in [0.4, 0.5) is 0 Å². The molecule has 0 aliphatic heterocycles. The zero-order chi connectivity index (χ0) is 21.7. The minimum Gasteiger partial charge on any atom is -0.383 e. The predicted molar refractivity (Wildman–Crippen MR) is 119 cm³/mol. The van der Waals surface area contributed by atoms with Gasteiger partial charge in [-0.2, -0.15) is 4.37 Å². The quantitative estimate of drug-likeness (QED) is 0.610. The van der Waals surface area contributed by atoms with Crippen LogP contribution in [0.5, 0.6) is 0 Å². The number of aryl methyl sites for hydroxylation is 1. The van der Waals surface area contributed by atoms with Crippen LogP contribution in [0.1, 0.15) is 53.3 Å². The van der Waals surface area contributed by atoms with Gasteiger partial charge in [0.15, 0.2) is 5.69 Å². The molecule has 9 heteroatoms. The second kappa shape index (κ2) is 10.6. The van der Waals surface area contributed by atoms with Crippen molar-refractivity contribution in [2.45, 2.75) is 44.7 Å². The lowest BCUT2D eigenvalue weighted by molar-refractivity contribution is -0.126. The second-order valence-electron chi connectivity index (χ2n) is 7.41. The van der Waals surface area contributed by atoms with Crippen LogP contribution in [0.2, 0.25) is 9.36 Å². The number of hydrogen-bond acceptors (Lipinski definition) is 5. The largest absolute Gasteiger partial charge is 0.383 e. The molecule has 1 aliphatic carbocycles. The van der Waals surface area contributed by atoms with Crippen molar-refractivity contribution in [3.8, 4) is 0 Å². The van der Waals surface area contributed by atoms with E-state index in [2.05, 4.69) is 9.69 Å². The van der Waals surface area contributed by atoms with E-state index in [0.717, 1.165) is 48.3 Å². The monoisotopic (exact) mass is 469 g/mol. The molecule has 162 valence electrons. The van der Waals surface area contributed by atoms with Gasteiger partial charge in [-0.15, -0.1) is 0 Å². The maximum Gasteiger partial charge on any atom is 0.276 e. The Bertz CT molecular complexity index is 882. The SMILES string of the molecule is COCCN(C(=O)c1nsc(Cl)c1Cl)[C@H](C(=O)NC1CCCC1)c1ccc(C)cc1. The summed E-state index contributed by atoms with van der Waals surface area (Å²) in [5.41, 5.74) is 1.84. The molecule has 1 aromatic carbocycles. The molecule has 3 rings (SSSR count). The Kier molecular flexibility index (Phi) is 8.11. The van der Waals surface area contributed by atoms with E-state index in [9.17, 15) is 9.59 Å². The number of amides is 2. The molecule has 1 atom stereocenters. The molecule has 1 aromatic heterocycles. The highest BCUT2D eigenvalue weighted by Crippen LogP contribution is 2.32. The summed E-state index contributed by atoms with van der Waals surface area (Å²) in [6.07, 6.45) is 4.09. The standard InChI is InChI=1S/C21H25Cl2N3O3S/c1-13-7-9-14(10-8-13)18(20(27)24-15-5-3-4-6-15)26(11-12-29-2)21(28)17-16(22)19(23)30-25-17/h7-10,15,18H,3-6,11-12H2,1-2H3,(H,24,27)/t18-/m0/s1. The van der Waals surface area contributed by atoms with E-state index < -0.39 is 11.9 Å². The third-order valence-corrected chi connectivity index (χ3v) is 6.86. The Morgan fingerprint density at radius 2 is 1.93 bits per heavy atom. The molecular weight excluding hydrogens is 445 g/mol. The number of halogens is 2. The highest BCUT2D eigenvalue weighted by Gasteiger charge is 2.35. The molecule has 2 amide bonds. The zero-order valence-electron chi connectivity index (χ0n) is 17.0. The summed E-state index contributed by atoms with van der Waals surface area (Å²) in [6.45, 7) is 2.44. The van der Waals surface area contributed by atoms with Gasteiger partial charge < -0.3 is 15.0 Å². The van der Waals surface area contributed by atoms with Gasteiger partial charge in [0.2, 0.25) is 5.91 Å². The maximum absolute atomic E-state index is 13.4. The average Bonchev–Trinajstić information content (AvgIpc) is 3.36. The Labute approximate surface area is 190 Å². The number of rotatable bonds is 8. The molecule has 30 heavy (non-hydrogen) atoms. The number of nitrogens with one attached hydrogen (secondary N) is 1. The third kappa shape index (κ3) is 5.32. The number of nitrogens with zero attached hydrogens (tertiary/aromatic N) is 2. The van der Waals surface area contributed by atoms with Crippen LogP contribution in [0.3, 0.4) is 0 Å². The summed E-state index contributed by atoms with van der Waals surface area (Å²) in [5, 5.41) is 3.23. The summed E-state index contributed by atoms with van der Waals surface area (Å²) in [4.78, 5) is 28.3. The first kappa shape index (κ1) is 23.0. The van der Waals surface area contributed by atoms with Gasteiger partial charge in [-0.3, -0.25) is 9.59 Å². The van der Waals surface area contributed by atoms with Crippen molar-refractivity contribution in [3.05, 3.63) is 50.4 Å². The van der Waals surface area contributed by atoms with E-state index >= 15 is 0 Å². The zero-order valence-corrected chi connectivity index (χ0v) is 19.3. The topological polar surface area (TPSA) is 71.5 Å². The van der Waals surface area contributed by atoms with Gasteiger partial charge >= 0.3 is 0 Å². The van der Waals surface area contributed by atoms with Gasteiger partial charge in [-0.05, 0) is 36.9 Å². The summed E-state index contributed by atoms with van der Waals surface area (Å²) in [6, 6.07) is 6.90. The smallest absolute Gasteiger partial charge is 0.276 e. The summed E-state index contributed by atoms with van der Waals surface area (Å²) in [5.74, 6) is -0.667. The van der Waals surface area contributed by atoms with Crippen molar-refractivity contribution in [1.82, 2.24) is 14.6 Å². The molecule has 1 saturated carbocycles. The molecule has 2 aromatic rings. The average molecular weight is 470 g/mol. The Balaban J connectivity index is 1.98. The number of ether oxygens (including phenoxy) is 1. The normalized spacial score (nSPS) is 15.2. The Morgan fingerprint density at radius 3 is 2.50 bits per heavy atom. The highest BCUT2D eigenvalue weighted by molar-refractivity contribution is 7.11. The molecule has 1 fully saturated rings. The number of carbonyl (C=O) groups is 2. The van der Waals surface area contributed by atoms with Crippen LogP contribution >= 0.6 is 34.7 Å². The molecule has 1 N–H and O–H groups in total. The molecule has 0 saturated heterocycles. The van der Waals surface area contributed by atoms with E-state index in [1.165, 1.54) is 4.90 Å². The van der Waals surface area contributed by atoms with Gasteiger partial charge in [-0.1, -0.05) is 65.9 Å². The highest BCUT2D eigenvalue weighted by atomic mass is 35.5. The first-order valence-corrected chi connectivity index (χ1v) is 11.4. The lowest BCUT2D eigenvalue weighted by Crippen LogP contribution is -2.47.